The number of aliphatic carboxylic acids is 1. The van der Waals surface area contributed by atoms with Crippen molar-refractivity contribution in [2.75, 3.05) is 32.0 Å². The lowest BCUT2D eigenvalue weighted by Crippen LogP contribution is -2.58. The molecule has 2 unspecified atom stereocenters. The maximum Gasteiger partial charge on any atom is 0.312 e. The van der Waals surface area contributed by atoms with Crippen LogP contribution in [0.3, 0.4) is 0 Å². The molecule has 21 nitrogen and oxygen atoms in total. The average molecular weight is 1100 g/mol. The zero-order valence-corrected chi connectivity index (χ0v) is 48.2. The van der Waals surface area contributed by atoms with E-state index in [0.29, 0.717) is 48.5 Å². The van der Waals surface area contributed by atoms with Crippen molar-refractivity contribution in [1.82, 2.24) is 41.4 Å². The van der Waals surface area contributed by atoms with Crippen LogP contribution in [0, 0.1) is 29.6 Å². The molecule has 430 valence electrons. The van der Waals surface area contributed by atoms with E-state index in [9.17, 15) is 48.3 Å². The maximum atomic E-state index is 14.7. The van der Waals surface area contributed by atoms with Gasteiger partial charge < -0.3 is 52.4 Å². The number of carbonyl (C=O) groups excluding carboxylic acids is 8. The summed E-state index contributed by atoms with van der Waals surface area (Å²) in [6.45, 7) is 21.0. The Balaban J connectivity index is 1.85. The minimum Gasteiger partial charge on any atom is -0.481 e. The predicted molar refractivity (Wildman–Crippen MR) is 295 cm³/mol. The van der Waals surface area contributed by atoms with Crippen molar-refractivity contribution in [3.63, 3.8) is 0 Å². The Bertz CT molecular complexity index is 2290. The SMILES string of the molecule is CCCN(C(=O)[C@@H](NC(=O)[C@H]1CCCCN1C)[C@@H](C)CC)C(C[C@@H](OC(C)=O)c1nc(C(=O)N[C@@H](Cc2ccc(NC(=O)[C@H](CCCNC(N)=O)NC(=O)C(NC(=O)C(C)C)C(C)C)cc2)C[C@H](C)C(=O)O)cs1)C(C)C. The number of thiazole rings is 1. The molecule has 1 aromatic carbocycles. The summed E-state index contributed by atoms with van der Waals surface area (Å²) in [6.07, 6.45) is 3.85. The van der Waals surface area contributed by atoms with Crippen LogP contribution in [0.2, 0.25) is 0 Å². The van der Waals surface area contributed by atoms with E-state index >= 15 is 0 Å². The van der Waals surface area contributed by atoms with E-state index in [1.165, 1.54) is 13.8 Å². The van der Waals surface area contributed by atoms with Crippen molar-refractivity contribution >= 4 is 70.4 Å². The maximum absolute atomic E-state index is 14.7. The van der Waals surface area contributed by atoms with E-state index in [2.05, 4.69) is 36.9 Å². The number of esters is 1. The second-order valence-electron chi connectivity index (χ2n) is 21.5. The minimum absolute atomic E-state index is 0.0251. The number of hydrogen-bond acceptors (Lipinski definition) is 13. The van der Waals surface area contributed by atoms with Gasteiger partial charge in [-0.2, -0.15) is 0 Å². The number of rotatable bonds is 31. The lowest BCUT2D eigenvalue weighted by molar-refractivity contribution is -0.150. The van der Waals surface area contributed by atoms with Crippen molar-refractivity contribution in [2.45, 2.75) is 183 Å². The molecule has 1 aromatic heterocycles. The normalized spacial score (nSPS) is 16.9. The van der Waals surface area contributed by atoms with Crippen molar-refractivity contribution in [3.05, 3.63) is 45.9 Å². The highest BCUT2D eigenvalue weighted by Gasteiger charge is 2.39. The number of primary amides is 1. The zero-order chi connectivity index (χ0) is 57.7. The number of nitrogens with two attached hydrogens (primary N) is 1. The molecule has 1 aliphatic rings. The fourth-order valence-corrected chi connectivity index (χ4v) is 10.1. The summed E-state index contributed by atoms with van der Waals surface area (Å²) in [4.78, 5) is 127. The van der Waals surface area contributed by atoms with Gasteiger partial charge in [-0.25, -0.2) is 9.78 Å². The Morgan fingerprint density at radius 1 is 0.857 bits per heavy atom. The van der Waals surface area contributed by atoms with E-state index in [0.717, 1.165) is 30.7 Å². The molecule has 0 bridgehead atoms. The first kappa shape index (κ1) is 65.1. The van der Waals surface area contributed by atoms with Crippen LogP contribution in [0.25, 0.3) is 0 Å². The van der Waals surface area contributed by atoms with Gasteiger partial charge in [0, 0.05) is 55.5 Å². The second-order valence-corrected chi connectivity index (χ2v) is 22.4. The molecule has 8 amide bonds. The number of likely N-dealkylation sites (N-methyl/N-ethyl adjacent to an activating group) is 1. The number of nitrogens with one attached hydrogen (secondary N) is 6. The molecular formula is C55H88N10O11S. The molecule has 1 fully saturated rings. The highest BCUT2D eigenvalue weighted by molar-refractivity contribution is 7.09. The van der Waals surface area contributed by atoms with Gasteiger partial charge in [0.05, 0.1) is 12.0 Å². The Labute approximate surface area is 459 Å². The third-order valence-corrected chi connectivity index (χ3v) is 15.0. The fraction of sp³-hybridized carbons (Fsp3) is 0.673. The van der Waals surface area contributed by atoms with Gasteiger partial charge in [0.25, 0.3) is 5.91 Å². The molecule has 77 heavy (non-hydrogen) atoms. The highest BCUT2D eigenvalue weighted by atomic mass is 32.1. The third-order valence-electron chi connectivity index (χ3n) is 14.0. The lowest BCUT2D eigenvalue weighted by atomic mass is 9.92. The summed E-state index contributed by atoms with van der Waals surface area (Å²) < 4.78 is 5.90. The Morgan fingerprint density at radius 3 is 2.09 bits per heavy atom. The predicted octanol–water partition coefficient (Wildman–Crippen LogP) is 5.54. The number of nitrogens with zero attached hydrogens (tertiary/aromatic N) is 3. The standard InChI is InChI=1S/C55H88N10O11S/c1-13-25-65(53(72)46(34(9)14-2)63-50(70)42-19-15-16-26-64(42)12)43(31(3)4)29-44(76-36(11)66)52-61-41(30-77-52)49(69)59-39(27-35(10)54(73)74)28-37-20-22-38(23-21-37)58-48(68)40(18-17-24-57-55(56)75)60-51(71)45(32(5)6)62-47(67)33(7)8/h20-23,30-35,39-40,42-46H,13-19,24-29H2,1-12H3,(H,58,68)(H,59,69)(H,60,71)(H,62,67)(H,63,70)(H,73,74)(H3,56,57,75)/t34-,35-,39+,40-,42+,43?,44+,45?,46-/m0/s1. The first-order valence-electron chi connectivity index (χ1n) is 27.3. The summed E-state index contributed by atoms with van der Waals surface area (Å²) in [5.74, 6) is -5.81. The molecule has 9 N–H and O–H groups in total. The molecule has 1 aliphatic heterocycles. The van der Waals surface area contributed by atoms with Crippen molar-refractivity contribution in [1.29, 1.82) is 0 Å². The van der Waals surface area contributed by atoms with Crippen LogP contribution in [-0.2, 0) is 44.7 Å². The van der Waals surface area contributed by atoms with E-state index in [4.69, 9.17) is 10.5 Å². The molecule has 3 rings (SSSR count). The zero-order valence-electron chi connectivity index (χ0n) is 47.4. The third kappa shape index (κ3) is 21.0. The fourth-order valence-electron chi connectivity index (χ4n) is 9.24. The number of aromatic nitrogens is 1. The van der Waals surface area contributed by atoms with Crippen LogP contribution in [0.1, 0.15) is 161 Å². The Morgan fingerprint density at radius 2 is 1.53 bits per heavy atom. The molecule has 1 saturated heterocycles. The first-order chi connectivity index (χ1) is 36.3. The number of urea groups is 1. The van der Waals surface area contributed by atoms with Crippen molar-refractivity contribution < 1.29 is 53.0 Å². The van der Waals surface area contributed by atoms with Gasteiger partial charge in [0.15, 0.2) is 6.10 Å². The first-order valence-corrected chi connectivity index (χ1v) is 28.2. The van der Waals surface area contributed by atoms with Crippen molar-refractivity contribution in [2.24, 2.45) is 35.3 Å². The van der Waals surface area contributed by atoms with E-state index < -0.39 is 77.9 Å². The average Bonchev–Trinajstić information content (AvgIpc) is 3.87. The minimum atomic E-state index is -1.06. The number of piperidine rings is 1. The number of ether oxygens (including phenoxy) is 1. The summed E-state index contributed by atoms with van der Waals surface area (Å²) in [7, 11) is 1.93. The Kier molecular flexibility index (Phi) is 27.0. The van der Waals surface area contributed by atoms with E-state index in [1.54, 1.807) is 62.2 Å². The highest BCUT2D eigenvalue weighted by Crippen LogP contribution is 2.32. The molecule has 2 aromatic rings. The van der Waals surface area contributed by atoms with Crippen LogP contribution in [-0.4, -0.2) is 136 Å². The number of hydrogen-bond donors (Lipinski definition) is 8. The number of benzene rings is 1. The summed E-state index contributed by atoms with van der Waals surface area (Å²) >= 11 is 1.12. The summed E-state index contributed by atoms with van der Waals surface area (Å²) in [6, 6.07) is 1.75. The molecule has 0 spiro atoms. The number of amides is 8. The number of carboxylic acid groups (broad SMARTS) is 1. The van der Waals surface area contributed by atoms with Gasteiger partial charge >= 0.3 is 18.0 Å². The van der Waals surface area contributed by atoms with Gasteiger partial charge in [-0.3, -0.25) is 43.3 Å². The quantitative estimate of drug-likeness (QED) is 0.0341. The smallest absolute Gasteiger partial charge is 0.312 e. The molecule has 2 heterocycles. The van der Waals surface area contributed by atoms with Crippen LogP contribution in [0.15, 0.2) is 29.6 Å². The van der Waals surface area contributed by atoms with Gasteiger partial charge in [-0.15, -0.1) is 11.3 Å². The Hall–Kier alpha value is -6.16. The molecule has 0 radical (unpaired) electrons. The topological polar surface area (TPSA) is 301 Å². The number of likely N-dealkylation sites (tertiary alicyclic amines) is 1. The molecule has 0 saturated carbocycles. The van der Waals surface area contributed by atoms with Gasteiger partial charge in [-0.1, -0.05) is 94.2 Å². The second kappa shape index (κ2) is 31.9. The van der Waals surface area contributed by atoms with Gasteiger partial charge in [-0.05, 0) is 94.0 Å². The van der Waals surface area contributed by atoms with Gasteiger partial charge in [0.2, 0.25) is 29.5 Å². The number of anilines is 1. The van der Waals surface area contributed by atoms with Crippen LogP contribution >= 0.6 is 11.3 Å². The van der Waals surface area contributed by atoms with Crippen LogP contribution in [0.4, 0.5) is 10.5 Å². The molecule has 0 aliphatic carbocycles. The van der Waals surface area contributed by atoms with Crippen LogP contribution < -0.4 is 37.6 Å². The van der Waals surface area contributed by atoms with E-state index in [-0.39, 0.29) is 85.4 Å². The number of carboxylic acids is 1. The van der Waals surface area contributed by atoms with E-state index in [1.807, 2.05) is 46.6 Å². The van der Waals surface area contributed by atoms with Crippen molar-refractivity contribution in [3.8, 4) is 0 Å². The summed E-state index contributed by atoms with van der Waals surface area (Å²) in [5, 5.41) is 28.6. The monoisotopic (exact) mass is 1100 g/mol. The number of carbonyl (C=O) groups is 9. The summed E-state index contributed by atoms with van der Waals surface area (Å²) in [5.41, 5.74) is 6.32. The van der Waals surface area contributed by atoms with Gasteiger partial charge in [0.1, 0.15) is 28.8 Å². The lowest BCUT2D eigenvalue weighted by Gasteiger charge is -2.40. The molecule has 9 atom stereocenters. The van der Waals surface area contributed by atoms with Crippen LogP contribution in [0.5, 0.6) is 0 Å². The largest absolute Gasteiger partial charge is 0.481 e. The molecular weight excluding hydrogens is 1010 g/mol. The molecule has 22 heteroatoms.